The number of rotatable bonds is 3. The van der Waals surface area contributed by atoms with Crippen LogP contribution in [0.5, 0.6) is 0 Å². The summed E-state index contributed by atoms with van der Waals surface area (Å²) in [6, 6.07) is 5.00. The van der Waals surface area contributed by atoms with Crippen LogP contribution in [0.4, 0.5) is 5.69 Å². The Bertz CT molecular complexity index is 1150. The van der Waals surface area contributed by atoms with Gasteiger partial charge in [0.1, 0.15) is 17.5 Å². The highest BCUT2D eigenvalue weighted by atomic mass is 16.6. The van der Waals surface area contributed by atoms with Crippen molar-refractivity contribution in [2.45, 2.75) is 6.92 Å². The maximum absolute atomic E-state index is 12.4. The molecule has 3 aromatic rings. The number of carbonyl (C=O) groups is 2. The number of furan rings is 1. The zero-order valence-electron chi connectivity index (χ0n) is 14.2. The van der Waals surface area contributed by atoms with Gasteiger partial charge in [0, 0.05) is 24.7 Å². The topological polar surface area (TPSA) is 149 Å². The highest BCUT2D eigenvalue weighted by molar-refractivity contribution is 6.07. The van der Waals surface area contributed by atoms with Crippen LogP contribution < -0.4 is 16.4 Å². The van der Waals surface area contributed by atoms with Gasteiger partial charge < -0.3 is 8.98 Å². The van der Waals surface area contributed by atoms with Crippen molar-refractivity contribution < 1.29 is 18.9 Å². The molecule has 2 amide bonds. The number of amides is 2. The first kappa shape index (κ1) is 17.8. The lowest BCUT2D eigenvalue weighted by molar-refractivity contribution is -0.384. The monoisotopic (exact) mass is 371 g/mol. The largest absolute Gasteiger partial charge is 0.442 e. The number of nitro benzene ring substituents is 1. The van der Waals surface area contributed by atoms with Gasteiger partial charge in [-0.2, -0.15) is 0 Å². The van der Waals surface area contributed by atoms with E-state index in [9.17, 15) is 24.5 Å². The number of non-ortho nitro benzene ring substituents is 1. The van der Waals surface area contributed by atoms with E-state index in [1.165, 1.54) is 43.1 Å². The van der Waals surface area contributed by atoms with Gasteiger partial charge in [-0.15, -0.1) is 0 Å². The van der Waals surface area contributed by atoms with Crippen LogP contribution in [0.25, 0.3) is 11.1 Å². The molecule has 0 radical (unpaired) electrons. The SMILES string of the molecule is Cc1oc2ncn(C)c(=O)c2c1C(=O)NNC(=O)c1cccc([N+](=O)[O-])c1. The second kappa shape index (κ2) is 6.71. The molecule has 2 heterocycles. The maximum Gasteiger partial charge on any atom is 0.274 e. The standard InChI is InChI=1S/C16H13N5O6/c1-8-11(12-15(27-8)17-7-20(2)16(12)24)14(23)19-18-13(22)9-4-3-5-10(6-9)21(25)26/h3-7H,1-2H3,(H,18,22)(H,19,23). The van der Waals surface area contributed by atoms with Crippen molar-refractivity contribution in [2.24, 2.45) is 7.05 Å². The fourth-order valence-corrected chi connectivity index (χ4v) is 2.47. The molecular formula is C16H13N5O6. The van der Waals surface area contributed by atoms with Crippen LogP contribution in [-0.4, -0.2) is 26.3 Å². The molecule has 0 fully saturated rings. The summed E-state index contributed by atoms with van der Waals surface area (Å²) in [5.74, 6) is -1.39. The lowest BCUT2D eigenvalue weighted by Crippen LogP contribution is -2.42. The molecule has 0 atom stereocenters. The van der Waals surface area contributed by atoms with Gasteiger partial charge in [0.25, 0.3) is 23.1 Å². The number of aryl methyl sites for hydroxylation is 2. The molecular weight excluding hydrogens is 358 g/mol. The molecule has 11 heteroatoms. The van der Waals surface area contributed by atoms with Crippen LogP contribution in [-0.2, 0) is 7.05 Å². The predicted octanol–water partition coefficient (Wildman–Crippen LogP) is 0.818. The van der Waals surface area contributed by atoms with Crippen LogP contribution in [0, 0.1) is 17.0 Å². The predicted molar refractivity (Wildman–Crippen MR) is 92.0 cm³/mol. The Morgan fingerprint density at radius 1 is 1.26 bits per heavy atom. The highest BCUT2D eigenvalue weighted by Gasteiger charge is 2.23. The molecule has 138 valence electrons. The second-order valence-electron chi connectivity index (χ2n) is 5.59. The van der Waals surface area contributed by atoms with E-state index in [1.807, 2.05) is 0 Å². The Kier molecular flexibility index (Phi) is 4.42. The lowest BCUT2D eigenvalue weighted by Gasteiger charge is -2.07. The lowest BCUT2D eigenvalue weighted by atomic mass is 10.2. The number of aromatic nitrogens is 2. The Morgan fingerprint density at radius 2 is 1.96 bits per heavy atom. The normalized spacial score (nSPS) is 10.6. The number of fused-ring (bicyclic) bond motifs is 1. The number of nitro groups is 1. The second-order valence-corrected chi connectivity index (χ2v) is 5.59. The summed E-state index contributed by atoms with van der Waals surface area (Å²) in [6.07, 6.45) is 1.26. The van der Waals surface area contributed by atoms with E-state index in [0.717, 1.165) is 6.07 Å². The Balaban J connectivity index is 1.84. The summed E-state index contributed by atoms with van der Waals surface area (Å²) in [5, 5.41) is 10.8. The van der Waals surface area contributed by atoms with Crippen molar-refractivity contribution in [1.82, 2.24) is 20.4 Å². The van der Waals surface area contributed by atoms with E-state index >= 15 is 0 Å². The number of benzene rings is 1. The van der Waals surface area contributed by atoms with Gasteiger partial charge in [0.2, 0.25) is 5.71 Å². The zero-order valence-corrected chi connectivity index (χ0v) is 14.2. The molecule has 0 aliphatic heterocycles. The third kappa shape index (κ3) is 3.25. The van der Waals surface area contributed by atoms with E-state index in [-0.39, 0.29) is 33.7 Å². The molecule has 27 heavy (non-hydrogen) atoms. The highest BCUT2D eigenvalue weighted by Crippen LogP contribution is 2.20. The van der Waals surface area contributed by atoms with Crippen LogP contribution in [0.3, 0.4) is 0 Å². The third-order valence-electron chi connectivity index (χ3n) is 3.78. The summed E-state index contributed by atoms with van der Waals surface area (Å²) in [4.78, 5) is 50.9. The number of hydrogen-bond donors (Lipinski definition) is 2. The van der Waals surface area contributed by atoms with Crippen LogP contribution >= 0.6 is 0 Å². The van der Waals surface area contributed by atoms with Crippen LogP contribution in [0.15, 0.2) is 39.8 Å². The van der Waals surface area contributed by atoms with E-state index in [0.29, 0.717) is 0 Å². The Morgan fingerprint density at radius 3 is 2.67 bits per heavy atom. The minimum Gasteiger partial charge on any atom is -0.442 e. The molecule has 0 unspecified atom stereocenters. The van der Waals surface area contributed by atoms with Crippen molar-refractivity contribution in [1.29, 1.82) is 0 Å². The molecule has 0 aliphatic rings. The zero-order chi connectivity index (χ0) is 19.7. The molecule has 11 nitrogen and oxygen atoms in total. The Hall–Kier alpha value is -4.02. The molecule has 0 saturated heterocycles. The summed E-state index contributed by atoms with van der Waals surface area (Å²) in [5.41, 5.74) is 3.50. The summed E-state index contributed by atoms with van der Waals surface area (Å²) in [7, 11) is 1.48. The third-order valence-corrected chi connectivity index (χ3v) is 3.78. The van der Waals surface area contributed by atoms with Crippen molar-refractivity contribution in [3.05, 3.63) is 67.9 Å². The first-order valence-electron chi connectivity index (χ1n) is 7.59. The minimum absolute atomic E-state index is 0.00533. The fraction of sp³-hybridized carbons (Fsp3) is 0.125. The number of carbonyl (C=O) groups excluding carboxylic acids is 2. The van der Waals surface area contributed by atoms with Gasteiger partial charge in [0.05, 0.1) is 10.5 Å². The van der Waals surface area contributed by atoms with E-state index in [2.05, 4.69) is 15.8 Å². The average molecular weight is 371 g/mol. The van der Waals surface area contributed by atoms with Gasteiger partial charge in [-0.05, 0) is 13.0 Å². The fourth-order valence-electron chi connectivity index (χ4n) is 2.47. The number of nitrogens with one attached hydrogen (secondary N) is 2. The molecule has 0 aliphatic carbocycles. The van der Waals surface area contributed by atoms with Gasteiger partial charge in [-0.3, -0.25) is 35.3 Å². The molecule has 0 saturated carbocycles. The maximum atomic E-state index is 12.4. The summed E-state index contributed by atoms with van der Waals surface area (Å²) in [6.45, 7) is 1.48. The van der Waals surface area contributed by atoms with Crippen molar-refractivity contribution in [3.8, 4) is 0 Å². The number of hydrazine groups is 1. The molecule has 2 N–H and O–H groups in total. The molecule has 0 spiro atoms. The molecule has 2 aromatic heterocycles. The van der Waals surface area contributed by atoms with Crippen LogP contribution in [0.1, 0.15) is 26.5 Å². The van der Waals surface area contributed by atoms with Crippen molar-refractivity contribution in [2.75, 3.05) is 0 Å². The molecule has 1 aromatic carbocycles. The minimum atomic E-state index is -0.782. The first-order valence-corrected chi connectivity index (χ1v) is 7.59. The number of nitrogens with zero attached hydrogens (tertiary/aromatic N) is 3. The van der Waals surface area contributed by atoms with E-state index in [1.54, 1.807) is 0 Å². The van der Waals surface area contributed by atoms with Crippen molar-refractivity contribution >= 4 is 28.6 Å². The van der Waals surface area contributed by atoms with Crippen molar-refractivity contribution in [3.63, 3.8) is 0 Å². The first-order chi connectivity index (χ1) is 12.8. The quantitative estimate of drug-likeness (QED) is 0.511. The van der Waals surface area contributed by atoms with E-state index < -0.39 is 22.3 Å². The van der Waals surface area contributed by atoms with Gasteiger partial charge in [-0.1, -0.05) is 6.07 Å². The Labute approximate surface area is 150 Å². The summed E-state index contributed by atoms with van der Waals surface area (Å²) < 4.78 is 6.51. The smallest absolute Gasteiger partial charge is 0.274 e. The van der Waals surface area contributed by atoms with Gasteiger partial charge in [-0.25, -0.2) is 4.98 Å². The van der Waals surface area contributed by atoms with Gasteiger partial charge >= 0.3 is 0 Å². The van der Waals surface area contributed by atoms with Crippen LogP contribution in [0.2, 0.25) is 0 Å². The summed E-state index contributed by atoms with van der Waals surface area (Å²) >= 11 is 0. The van der Waals surface area contributed by atoms with Gasteiger partial charge in [0.15, 0.2) is 0 Å². The number of hydrogen-bond acceptors (Lipinski definition) is 7. The average Bonchev–Trinajstić information content (AvgIpc) is 2.99. The molecule has 3 rings (SSSR count). The van der Waals surface area contributed by atoms with E-state index in [4.69, 9.17) is 4.42 Å². The molecule has 0 bridgehead atoms.